The summed E-state index contributed by atoms with van der Waals surface area (Å²) in [4.78, 5) is 37.4. The first-order valence-electron chi connectivity index (χ1n) is 9.29. The van der Waals surface area contributed by atoms with Gasteiger partial charge in [-0.1, -0.05) is 19.3 Å². The van der Waals surface area contributed by atoms with Crippen LogP contribution in [0.2, 0.25) is 0 Å². The van der Waals surface area contributed by atoms with Crippen LogP contribution in [-0.2, 0) is 14.3 Å². The predicted molar refractivity (Wildman–Crippen MR) is 104 cm³/mol. The lowest BCUT2D eigenvalue weighted by Gasteiger charge is -2.33. The SMILES string of the molecule is CCN(C(=O)COC(=O)C(C)Sc1ccc([N+](=O)[O-])cc1)C1CCCCC1. The molecule has 0 N–H and O–H groups in total. The number of thioether (sulfide) groups is 1. The van der Waals surface area contributed by atoms with Crippen molar-refractivity contribution >= 4 is 29.3 Å². The Labute approximate surface area is 163 Å². The Hall–Kier alpha value is -2.09. The molecule has 27 heavy (non-hydrogen) atoms. The molecule has 2 rings (SSSR count). The van der Waals surface area contributed by atoms with Gasteiger partial charge < -0.3 is 9.64 Å². The first-order chi connectivity index (χ1) is 12.9. The summed E-state index contributed by atoms with van der Waals surface area (Å²) in [7, 11) is 0. The smallest absolute Gasteiger partial charge is 0.319 e. The lowest BCUT2D eigenvalue weighted by molar-refractivity contribution is -0.384. The Bertz CT molecular complexity index is 659. The average Bonchev–Trinajstić information content (AvgIpc) is 2.67. The summed E-state index contributed by atoms with van der Waals surface area (Å²) >= 11 is 1.24. The monoisotopic (exact) mass is 394 g/mol. The zero-order valence-corrected chi connectivity index (χ0v) is 16.6. The maximum Gasteiger partial charge on any atom is 0.319 e. The van der Waals surface area contributed by atoms with E-state index in [-0.39, 0.29) is 24.2 Å². The summed E-state index contributed by atoms with van der Waals surface area (Å²) in [6.07, 6.45) is 5.52. The molecular formula is C19H26N2O5S. The van der Waals surface area contributed by atoms with Gasteiger partial charge in [-0.05, 0) is 38.8 Å². The van der Waals surface area contributed by atoms with Gasteiger partial charge in [0.25, 0.3) is 11.6 Å². The molecular weight excluding hydrogens is 368 g/mol. The molecule has 1 amide bonds. The van der Waals surface area contributed by atoms with Gasteiger partial charge >= 0.3 is 5.97 Å². The van der Waals surface area contributed by atoms with Gasteiger partial charge in [0.1, 0.15) is 5.25 Å². The Morgan fingerprint density at radius 3 is 2.44 bits per heavy atom. The van der Waals surface area contributed by atoms with Gasteiger partial charge in [-0.15, -0.1) is 11.8 Å². The number of nitro groups is 1. The highest BCUT2D eigenvalue weighted by molar-refractivity contribution is 8.00. The maximum atomic E-state index is 12.4. The van der Waals surface area contributed by atoms with E-state index in [1.165, 1.54) is 30.3 Å². The fourth-order valence-electron chi connectivity index (χ4n) is 3.26. The number of carbonyl (C=O) groups excluding carboxylic acids is 2. The van der Waals surface area contributed by atoms with Crippen LogP contribution in [0.4, 0.5) is 5.69 Å². The third kappa shape index (κ3) is 6.23. The van der Waals surface area contributed by atoms with Gasteiger partial charge in [-0.3, -0.25) is 19.7 Å². The van der Waals surface area contributed by atoms with E-state index < -0.39 is 16.1 Å². The first kappa shape index (κ1) is 21.2. The van der Waals surface area contributed by atoms with Crippen molar-refractivity contribution in [3.8, 4) is 0 Å². The van der Waals surface area contributed by atoms with Crippen LogP contribution < -0.4 is 0 Å². The number of likely N-dealkylation sites (N-methyl/N-ethyl adjacent to an activating group) is 1. The van der Waals surface area contributed by atoms with Crippen LogP contribution in [0, 0.1) is 10.1 Å². The molecule has 1 aliphatic rings. The highest BCUT2D eigenvalue weighted by atomic mass is 32.2. The average molecular weight is 394 g/mol. The number of carbonyl (C=O) groups is 2. The lowest BCUT2D eigenvalue weighted by Crippen LogP contribution is -2.43. The predicted octanol–water partition coefficient (Wildman–Crippen LogP) is 3.80. The van der Waals surface area contributed by atoms with E-state index >= 15 is 0 Å². The fraction of sp³-hybridized carbons (Fsp3) is 0.579. The molecule has 7 nitrogen and oxygen atoms in total. The largest absolute Gasteiger partial charge is 0.455 e. The highest BCUT2D eigenvalue weighted by Gasteiger charge is 2.25. The van der Waals surface area contributed by atoms with E-state index in [4.69, 9.17) is 4.74 Å². The quantitative estimate of drug-likeness (QED) is 0.288. The molecule has 1 saturated carbocycles. The molecule has 1 atom stereocenters. The lowest BCUT2D eigenvalue weighted by atomic mass is 9.94. The second-order valence-corrected chi connectivity index (χ2v) is 8.00. The second kappa shape index (κ2) is 10.3. The Balaban J connectivity index is 1.82. The highest BCUT2D eigenvalue weighted by Crippen LogP contribution is 2.26. The van der Waals surface area contributed by atoms with Crippen molar-refractivity contribution in [2.75, 3.05) is 13.2 Å². The van der Waals surface area contributed by atoms with Crippen LogP contribution >= 0.6 is 11.8 Å². The molecule has 1 aromatic rings. The molecule has 0 spiro atoms. The molecule has 0 radical (unpaired) electrons. The number of hydrogen-bond acceptors (Lipinski definition) is 6. The molecule has 1 fully saturated rings. The molecule has 148 valence electrons. The minimum absolute atomic E-state index is 0.00236. The zero-order chi connectivity index (χ0) is 19.8. The number of ether oxygens (including phenoxy) is 1. The normalized spacial score (nSPS) is 15.8. The molecule has 0 bridgehead atoms. The van der Waals surface area contributed by atoms with Crippen LogP contribution in [0.5, 0.6) is 0 Å². The summed E-state index contributed by atoms with van der Waals surface area (Å²) < 4.78 is 5.21. The summed E-state index contributed by atoms with van der Waals surface area (Å²) in [6.45, 7) is 4.02. The van der Waals surface area contributed by atoms with Crippen molar-refractivity contribution in [2.24, 2.45) is 0 Å². The summed E-state index contributed by atoms with van der Waals surface area (Å²) in [6, 6.07) is 6.24. The van der Waals surface area contributed by atoms with E-state index in [0.717, 1.165) is 30.6 Å². The number of benzene rings is 1. The third-order valence-electron chi connectivity index (χ3n) is 4.71. The number of nitrogens with zero attached hydrogens (tertiary/aromatic N) is 2. The maximum absolute atomic E-state index is 12.4. The first-order valence-corrected chi connectivity index (χ1v) is 10.2. The van der Waals surface area contributed by atoms with Crippen molar-refractivity contribution in [1.29, 1.82) is 0 Å². The van der Waals surface area contributed by atoms with E-state index in [0.29, 0.717) is 6.54 Å². The van der Waals surface area contributed by atoms with Gasteiger partial charge in [-0.2, -0.15) is 0 Å². The van der Waals surface area contributed by atoms with Gasteiger partial charge in [0.2, 0.25) is 0 Å². The molecule has 1 aromatic carbocycles. The number of non-ortho nitro benzene ring substituents is 1. The van der Waals surface area contributed by atoms with Crippen LogP contribution in [0.1, 0.15) is 46.0 Å². The molecule has 8 heteroatoms. The molecule has 1 unspecified atom stereocenters. The van der Waals surface area contributed by atoms with Crippen molar-refractivity contribution in [3.05, 3.63) is 34.4 Å². The third-order valence-corrected chi connectivity index (χ3v) is 5.80. The minimum atomic E-state index is -0.510. The zero-order valence-electron chi connectivity index (χ0n) is 15.8. The number of rotatable bonds is 8. The van der Waals surface area contributed by atoms with Crippen LogP contribution in [0.15, 0.2) is 29.2 Å². The van der Waals surface area contributed by atoms with Gasteiger partial charge in [0, 0.05) is 29.6 Å². The van der Waals surface area contributed by atoms with Crippen molar-refractivity contribution in [1.82, 2.24) is 4.90 Å². The Kier molecular flexibility index (Phi) is 8.09. The summed E-state index contributed by atoms with van der Waals surface area (Å²) in [5.41, 5.74) is 0.00236. The number of nitro benzene ring substituents is 1. The molecule has 0 aliphatic heterocycles. The fourth-order valence-corrected chi connectivity index (χ4v) is 4.13. The number of hydrogen-bond donors (Lipinski definition) is 0. The minimum Gasteiger partial charge on any atom is -0.455 e. The van der Waals surface area contributed by atoms with E-state index in [2.05, 4.69) is 0 Å². The Morgan fingerprint density at radius 2 is 1.89 bits per heavy atom. The van der Waals surface area contributed by atoms with Crippen LogP contribution in [0.25, 0.3) is 0 Å². The van der Waals surface area contributed by atoms with Crippen LogP contribution in [-0.4, -0.2) is 46.1 Å². The van der Waals surface area contributed by atoms with Crippen molar-refractivity contribution in [3.63, 3.8) is 0 Å². The Morgan fingerprint density at radius 1 is 1.26 bits per heavy atom. The number of esters is 1. The topological polar surface area (TPSA) is 89.8 Å². The van der Waals surface area contributed by atoms with Gasteiger partial charge in [-0.25, -0.2) is 0 Å². The van der Waals surface area contributed by atoms with Gasteiger partial charge in [0.15, 0.2) is 6.61 Å². The van der Waals surface area contributed by atoms with Crippen molar-refractivity contribution in [2.45, 2.75) is 62.1 Å². The van der Waals surface area contributed by atoms with E-state index in [1.807, 2.05) is 11.8 Å². The molecule has 0 heterocycles. The summed E-state index contributed by atoms with van der Waals surface area (Å²) in [5, 5.41) is 10.2. The van der Waals surface area contributed by atoms with E-state index in [9.17, 15) is 19.7 Å². The second-order valence-electron chi connectivity index (χ2n) is 6.59. The van der Waals surface area contributed by atoms with Crippen molar-refractivity contribution < 1.29 is 19.2 Å². The molecule has 0 aromatic heterocycles. The van der Waals surface area contributed by atoms with Gasteiger partial charge in [0.05, 0.1) is 4.92 Å². The van der Waals surface area contributed by atoms with E-state index in [1.54, 1.807) is 19.1 Å². The summed E-state index contributed by atoms with van der Waals surface area (Å²) in [5.74, 6) is -0.614. The molecule has 1 aliphatic carbocycles. The standard InChI is InChI=1S/C19H26N2O5S/c1-3-20(15-7-5-4-6-8-15)18(22)13-26-19(23)14(2)27-17-11-9-16(10-12-17)21(24)25/h9-12,14-15H,3-8,13H2,1-2H3. The number of amides is 1. The molecule has 0 saturated heterocycles. The van der Waals surface area contributed by atoms with Crippen LogP contribution in [0.3, 0.4) is 0 Å².